The number of aliphatic hydroxyl groups excluding tert-OH is 4. The zero-order valence-corrected chi connectivity index (χ0v) is 27.1. The van der Waals surface area contributed by atoms with E-state index in [-0.39, 0.29) is 52.6 Å². The number of hydrogen-bond donors (Lipinski definition) is 5. The number of rotatable bonds is 4. The molecule has 8 heteroatoms. The lowest BCUT2D eigenvalue weighted by Gasteiger charge is -2.71. The summed E-state index contributed by atoms with van der Waals surface area (Å²) in [7, 11) is 0. The first-order valence-corrected chi connectivity index (χ1v) is 16.9. The van der Waals surface area contributed by atoms with E-state index in [1.807, 2.05) is 0 Å². The maximum atomic E-state index is 12.8. The van der Waals surface area contributed by atoms with Gasteiger partial charge in [0.05, 0.1) is 25.2 Å². The normalized spacial score (nSPS) is 54.3. The highest BCUT2D eigenvalue weighted by Gasteiger charge is 2.69. The van der Waals surface area contributed by atoms with Gasteiger partial charge >= 0.3 is 5.97 Å². The highest BCUT2D eigenvalue weighted by atomic mass is 16.7. The molecule has 14 atom stereocenters. The van der Waals surface area contributed by atoms with Crippen molar-refractivity contribution in [3.05, 3.63) is 11.6 Å². The number of carboxylic acids is 1. The van der Waals surface area contributed by atoms with E-state index in [2.05, 4.69) is 47.6 Å². The van der Waals surface area contributed by atoms with Crippen molar-refractivity contribution >= 4 is 5.97 Å². The molecule has 0 aromatic rings. The Bertz CT molecular complexity index is 1140. The zero-order chi connectivity index (χ0) is 31.3. The largest absolute Gasteiger partial charge is 0.481 e. The van der Waals surface area contributed by atoms with Gasteiger partial charge in [0, 0.05) is 5.41 Å². The van der Waals surface area contributed by atoms with Crippen molar-refractivity contribution in [2.45, 2.75) is 130 Å². The van der Waals surface area contributed by atoms with Gasteiger partial charge in [-0.25, -0.2) is 0 Å². The smallest absolute Gasteiger partial charge is 0.306 e. The van der Waals surface area contributed by atoms with Crippen LogP contribution < -0.4 is 0 Å². The predicted molar refractivity (Wildman–Crippen MR) is 161 cm³/mol. The summed E-state index contributed by atoms with van der Waals surface area (Å²) >= 11 is 0. The topological polar surface area (TPSA) is 137 Å². The lowest BCUT2D eigenvalue weighted by Crippen LogP contribution is -2.66. The van der Waals surface area contributed by atoms with E-state index >= 15 is 0 Å². The fraction of sp³-hybridized carbons (Fsp3) is 0.914. The molecule has 5 fully saturated rings. The second kappa shape index (κ2) is 10.5. The van der Waals surface area contributed by atoms with Crippen LogP contribution >= 0.6 is 0 Å². The number of fused-ring (bicyclic) bond motifs is 7. The Hall–Kier alpha value is -1.03. The van der Waals surface area contributed by atoms with E-state index < -0.39 is 42.1 Å². The Balaban J connectivity index is 1.32. The molecule has 0 aromatic carbocycles. The van der Waals surface area contributed by atoms with Gasteiger partial charge in [-0.05, 0) is 103 Å². The zero-order valence-electron chi connectivity index (χ0n) is 27.1. The molecule has 14 unspecified atom stereocenters. The van der Waals surface area contributed by atoms with Crippen molar-refractivity contribution < 1.29 is 39.8 Å². The molecule has 0 radical (unpaired) electrons. The molecule has 1 saturated heterocycles. The van der Waals surface area contributed by atoms with E-state index in [9.17, 15) is 30.3 Å². The van der Waals surface area contributed by atoms with Gasteiger partial charge in [0.2, 0.25) is 0 Å². The van der Waals surface area contributed by atoms with Crippen LogP contribution in [0, 0.1) is 56.7 Å². The van der Waals surface area contributed by atoms with Crippen molar-refractivity contribution in [3.8, 4) is 0 Å². The highest BCUT2D eigenvalue weighted by molar-refractivity contribution is 5.71. The Morgan fingerprint density at radius 1 is 0.930 bits per heavy atom. The third-order valence-corrected chi connectivity index (χ3v) is 14.6. The lowest BCUT2D eigenvalue weighted by atomic mass is 9.34. The van der Waals surface area contributed by atoms with E-state index in [0.717, 1.165) is 44.9 Å². The number of aliphatic hydroxyl groups is 4. The van der Waals surface area contributed by atoms with Crippen molar-refractivity contribution in [1.29, 1.82) is 0 Å². The molecule has 6 rings (SSSR count). The first kappa shape index (κ1) is 31.9. The van der Waals surface area contributed by atoms with Gasteiger partial charge in [-0.15, -0.1) is 0 Å². The van der Waals surface area contributed by atoms with Gasteiger partial charge in [-0.2, -0.15) is 0 Å². The van der Waals surface area contributed by atoms with Gasteiger partial charge in [-0.3, -0.25) is 4.79 Å². The average Bonchev–Trinajstić information content (AvgIpc) is 2.93. The van der Waals surface area contributed by atoms with E-state index in [1.165, 1.54) is 5.57 Å². The number of hydrogen-bond acceptors (Lipinski definition) is 7. The predicted octanol–water partition coefficient (Wildman–Crippen LogP) is 4.53. The summed E-state index contributed by atoms with van der Waals surface area (Å²) in [6.07, 6.45) is 5.30. The quantitative estimate of drug-likeness (QED) is 0.296. The molecule has 0 aromatic heterocycles. The van der Waals surface area contributed by atoms with Crippen molar-refractivity contribution in [3.63, 3.8) is 0 Å². The second-order valence-electron chi connectivity index (χ2n) is 17.2. The summed E-state index contributed by atoms with van der Waals surface area (Å²) in [4.78, 5) is 12.8. The molecule has 5 aliphatic carbocycles. The minimum Gasteiger partial charge on any atom is -0.481 e. The Labute approximate surface area is 257 Å². The van der Waals surface area contributed by atoms with Crippen LogP contribution in [0.3, 0.4) is 0 Å². The van der Waals surface area contributed by atoms with Crippen LogP contribution in [0.4, 0.5) is 0 Å². The summed E-state index contributed by atoms with van der Waals surface area (Å²) in [6, 6.07) is 0. The van der Waals surface area contributed by atoms with Gasteiger partial charge < -0.3 is 35.0 Å². The van der Waals surface area contributed by atoms with Crippen LogP contribution in [0.25, 0.3) is 0 Å². The number of aliphatic carboxylic acids is 1. The molecule has 8 nitrogen and oxygen atoms in total. The van der Waals surface area contributed by atoms with Crippen LogP contribution in [0.15, 0.2) is 11.6 Å². The summed E-state index contributed by atoms with van der Waals surface area (Å²) in [5, 5.41) is 52.6. The maximum Gasteiger partial charge on any atom is 0.306 e. The molecule has 244 valence electrons. The molecule has 0 spiro atoms. The first-order valence-electron chi connectivity index (χ1n) is 16.9. The molecular weight excluding hydrogens is 548 g/mol. The Morgan fingerprint density at radius 2 is 1.65 bits per heavy atom. The molecule has 1 aliphatic heterocycles. The van der Waals surface area contributed by atoms with Gasteiger partial charge in [-0.1, -0.05) is 53.2 Å². The van der Waals surface area contributed by atoms with Crippen molar-refractivity contribution in [2.75, 3.05) is 13.2 Å². The van der Waals surface area contributed by atoms with E-state index in [1.54, 1.807) is 0 Å². The molecule has 43 heavy (non-hydrogen) atoms. The molecule has 0 bridgehead atoms. The number of carbonyl (C=O) groups is 1. The minimum atomic E-state index is -1.36. The van der Waals surface area contributed by atoms with Crippen LogP contribution in [0.1, 0.15) is 99.3 Å². The second-order valence-corrected chi connectivity index (χ2v) is 17.2. The Kier molecular flexibility index (Phi) is 7.79. The summed E-state index contributed by atoms with van der Waals surface area (Å²) in [6.45, 7) is 14.1. The summed E-state index contributed by atoms with van der Waals surface area (Å²) in [5.74, 6) is 0.115. The third-order valence-electron chi connectivity index (χ3n) is 14.6. The van der Waals surface area contributed by atoms with Crippen molar-refractivity contribution in [1.82, 2.24) is 0 Å². The third kappa shape index (κ3) is 4.63. The van der Waals surface area contributed by atoms with E-state index in [0.29, 0.717) is 24.7 Å². The van der Waals surface area contributed by atoms with Gasteiger partial charge in [0.25, 0.3) is 0 Å². The number of allylic oxidation sites excluding steroid dienone is 2. The summed E-state index contributed by atoms with van der Waals surface area (Å²) < 4.78 is 11.7. The van der Waals surface area contributed by atoms with E-state index in [4.69, 9.17) is 9.47 Å². The molecular formula is C35H56O8. The molecule has 5 N–H and O–H groups in total. The number of carboxylic acid groups (broad SMARTS) is 1. The summed E-state index contributed by atoms with van der Waals surface area (Å²) in [5.41, 5.74) is 0.832. The first-order chi connectivity index (χ1) is 20.0. The molecule has 1 heterocycles. The highest BCUT2D eigenvalue weighted by Crippen LogP contribution is 2.75. The SMILES string of the molecule is CC1(C)CCC2C(C(=O)O)CC3(C)C(=CCC4C5(C)CCC(O)C(C)(COC6OCC(O)C(O)C6O)C5CCC43C)C2C1. The average molecular weight is 605 g/mol. The van der Waals surface area contributed by atoms with Crippen LogP contribution in [0.5, 0.6) is 0 Å². The lowest BCUT2D eigenvalue weighted by molar-refractivity contribution is -0.291. The monoisotopic (exact) mass is 604 g/mol. The maximum absolute atomic E-state index is 12.8. The molecule has 6 aliphatic rings. The van der Waals surface area contributed by atoms with Crippen molar-refractivity contribution in [2.24, 2.45) is 56.7 Å². The van der Waals surface area contributed by atoms with Gasteiger partial charge in [0.15, 0.2) is 6.29 Å². The minimum absolute atomic E-state index is 0.0599. The van der Waals surface area contributed by atoms with Crippen LogP contribution in [-0.4, -0.2) is 75.4 Å². The van der Waals surface area contributed by atoms with Gasteiger partial charge in [0.1, 0.15) is 18.3 Å². The molecule has 0 amide bonds. The van der Waals surface area contributed by atoms with Crippen LogP contribution in [-0.2, 0) is 14.3 Å². The molecule has 4 saturated carbocycles. The fourth-order valence-electron chi connectivity index (χ4n) is 11.9. The number of ether oxygens (including phenoxy) is 2. The van der Waals surface area contributed by atoms with Crippen LogP contribution in [0.2, 0.25) is 0 Å². The standard InChI is InChI=1S/C35H56O8/c1-31(2)12-9-19-20(15-31)22-7-8-25-32(3)13-11-26(37)33(4,18-43-30-28(39)27(38)23(36)17-42-30)24(32)10-14-34(25,5)35(22,6)16-21(19)29(40)41/h7,19-21,23-28,30,36-39H,8-18H2,1-6H3,(H,40,41). The fourth-order valence-corrected chi connectivity index (χ4v) is 11.9. The Morgan fingerprint density at radius 3 is 2.35 bits per heavy atom.